The standard InChI is InChI=1S/C14H17ClFN3O2/c1-7(17-13(20)21-14(2,3)4)12-18-10-5-8(15)9(16)6-11(10)19-12/h5-7H,1-4H3,(H,17,20)(H,18,19)/t7-/m0/s1. The number of rotatable bonds is 2. The van der Waals surface area contributed by atoms with Crippen LogP contribution in [0.4, 0.5) is 9.18 Å². The largest absolute Gasteiger partial charge is 0.444 e. The third kappa shape index (κ3) is 3.85. The zero-order chi connectivity index (χ0) is 15.8. The van der Waals surface area contributed by atoms with E-state index in [1.54, 1.807) is 27.7 Å². The number of ether oxygens (including phenoxy) is 1. The Morgan fingerprint density at radius 1 is 1.48 bits per heavy atom. The molecule has 0 saturated carbocycles. The van der Waals surface area contributed by atoms with Gasteiger partial charge >= 0.3 is 6.09 Å². The Balaban J connectivity index is 2.16. The van der Waals surface area contributed by atoms with Gasteiger partial charge in [-0.15, -0.1) is 0 Å². The second-order valence-electron chi connectivity index (χ2n) is 5.77. The molecule has 1 amide bonds. The number of nitrogens with one attached hydrogen (secondary N) is 2. The number of amides is 1. The SMILES string of the molecule is C[C@H](NC(=O)OC(C)(C)C)c1nc2cc(Cl)c(F)cc2[nH]1. The number of hydrogen-bond acceptors (Lipinski definition) is 3. The molecule has 0 radical (unpaired) electrons. The van der Waals surface area contributed by atoms with E-state index >= 15 is 0 Å². The van der Waals surface area contributed by atoms with Crippen molar-refractivity contribution in [1.29, 1.82) is 0 Å². The quantitative estimate of drug-likeness (QED) is 0.882. The average Bonchev–Trinajstić information content (AvgIpc) is 2.70. The minimum absolute atomic E-state index is 0.00769. The Bertz CT molecular complexity index is 640. The molecule has 2 N–H and O–H groups in total. The molecule has 2 rings (SSSR count). The fourth-order valence-electron chi connectivity index (χ4n) is 1.78. The normalized spacial score (nSPS) is 13.2. The van der Waals surface area contributed by atoms with Gasteiger partial charge in [-0.2, -0.15) is 0 Å². The number of aromatic amines is 1. The van der Waals surface area contributed by atoms with Gasteiger partial charge < -0.3 is 15.0 Å². The Hall–Kier alpha value is -1.82. The first kappa shape index (κ1) is 15.6. The number of nitrogens with zero attached hydrogens (tertiary/aromatic N) is 1. The lowest BCUT2D eigenvalue weighted by molar-refractivity contribution is 0.0506. The molecule has 1 aromatic heterocycles. The van der Waals surface area contributed by atoms with Gasteiger partial charge in [-0.25, -0.2) is 14.2 Å². The van der Waals surface area contributed by atoms with Crippen LogP contribution in [0.2, 0.25) is 5.02 Å². The van der Waals surface area contributed by atoms with Crippen LogP contribution in [-0.2, 0) is 4.74 Å². The zero-order valence-corrected chi connectivity index (χ0v) is 13.0. The number of H-pyrrole nitrogens is 1. The second kappa shape index (κ2) is 5.52. The molecular formula is C14H17ClFN3O2. The summed E-state index contributed by atoms with van der Waals surface area (Å²) in [6, 6.07) is 2.30. The number of carbonyl (C=O) groups is 1. The van der Waals surface area contributed by atoms with Crippen molar-refractivity contribution in [3.63, 3.8) is 0 Å². The summed E-state index contributed by atoms with van der Waals surface area (Å²) < 4.78 is 18.6. The van der Waals surface area contributed by atoms with Crippen molar-refractivity contribution in [2.75, 3.05) is 0 Å². The number of hydrogen-bond donors (Lipinski definition) is 2. The molecule has 0 unspecified atom stereocenters. The maximum absolute atomic E-state index is 13.4. The maximum Gasteiger partial charge on any atom is 0.408 e. The minimum Gasteiger partial charge on any atom is -0.444 e. The Morgan fingerprint density at radius 2 is 2.14 bits per heavy atom. The van der Waals surface area contributed by atoms with E-state index in [-0.39, 0.29) is 5.02 Å². The van der Waals surface area contributed by atoms with Crippen molar-refractivity contribution in [2.24, 2.45) is 0 Å². The van der Waals surface area contributed by atoms with Gasteiger partial charge in [0.15, 0.2) is 0 Å². The van der Waals surface area contributed by atoms with E-state index in [1.165, 1.54) is 12.1 Å². The summed E-state index contributed by atoms with van der Waals surface area (Å²) in [5, 5.41) is 2.67. The smallest absolute Gasteiger partial charge is 0.408 e. The van der Waals surface area contributed by atoms with Crippen molar-refractivity contribution in [3.05, 3.63) is 28.8 Å². The Morgan fingerprint density at radius 3 is 2.76 bits per heavy atom. The van der Waals surface area contributed by atoms with Crippen LogP contribution in [-0.4, -0.2) is 21.7 Å². The molecule has 0 saturated heterocycles. The van der Waals surface area contributed by atoms with Crippen LogP contribution in [0.15, 0.2) is 12.1 Å². The number of carbonyl (C=O) groups excluding carboxylic acids is 1. The molecule has 0 aliphatic heterocycles. The topological polar surface area (TPSA) is 67.0 Å². The Kier molecular flexibility index (Phi) is 4.09. The van der Waals surface area contributed by atoms with Crippen molar-refractivity contribution >= 4 is 28.7 Å². The monoisotopic (exact) mass is 313 g/mol. The second-order valence-corrected chi connectivity index (χ2v) is 6.18. The number of fused-ring (bicyclic) bond motifs is 1. The first-order valence-electron chi connectivity index (χ1n) is 6.50. The summed E-state index contributed by atoms with van der Waals surface area (Å²) in [6.45, 7) is 7.09. The van der Waals surface area contributed by atoms with Gasteiger partial charge in [0, 0.05) is 6.07 Å². The molecule has 1 atom stereocenters. The maximum atomic E-state index is 13.4. The van der Waals surface area contributed by atoms with Crippen LogP contribution in [0.5, 0.6) is 0 Å². The van der Waals surface area contributed by atoms with Crippen molar-refractivity contribution in [3.8, 4) is 0 Å². The lowest BCUT2D eigenvalue weighted by atomic mass is 10.2. The molecule has 7 heteroatoms. The predicted molar refractivity (Wildman–Crippen MR) is 78.8 cm³/mol. The van der Waals surface area contributed by atoms with Crippen LogP contribution in [0.3, 0.4) is 0 Å². The predicted octanol–water partition coefficient (Wildman–Crippen LogP) is 3.94. The number of imidazole rings is 1. The zero-order valence-electron chi connectivity index (χ0n) is 12.3. The summed E-state index contributed by atoms with van der Waals surface area (Å²) in [5.41, 5.74) is 0.480. The molecule has 1 heterocycles. The Labute approximate surface area is 126 Å². The van der Waals surface area contributed by atoms with Gasteiger partial charge in [0.2, 0.25) is 0 Å². The fraction of sp³-hybridized carbons (Fsp3) is 0.429. The van der Waals surface area contributed by atoms with E-state index in [2.05, 4.69) is 15.3 Å². The lowest BCUT2D eigenvalue weighted by Gasteiger charge is -2.21. The summed E-state index contributed by atoms with van der Waals surface area (Å²) in [6.07, 6.45) is -0.542. The molecule has 0 aliphatic rings. The third-order valence-corrected chi connectivity index (χ3v) is 2.98. The minimum atomic E-state index is -0.575. The van der Waals surface area contributed by atoms with Crippen LogP contribution in [0.1, 0.15) is 39.6 Å². The molecule has 114 valence electrons. The lowest BCUT2D eigenvalue weighted by Crippen LogP contribution is -2.34. The van der Waals surface area contributed by atoms with Crippen molar-refractivity contribution in [2.45, 2.75) is 39.3 Å². The van der Waals surface area contributed by atoms with Crippen LogP contribution < -0.4 is 5.32 Å². The molecule has 5 nitrogen and oxygen atoms in total. The van der Waals surface area contributed by atoms with Gasteiger partial charge in [-0.3, -0.25) is 0 Å². The number of benzene rings is 1. The summed E-state index contributed by atoms with van der Waals surface area (Å²) >= 11 is 5.71. The van der Waals surface area contributed by atoms with E-state index in [9.17, 15) is 9.18 Å². The molecule has 0 fully saturated rings. The molecule has 2 aromatic rings. The van der Waals surface area contributed by atoms with Gasteiger partial charge in [-0.05, 0) is 33.8 Å². The molecule has 21 heavy (non-hydrogen) atoms. The average molecular weight is 314 g/mol. The highest BCUT2D eigenvalue weighted by atomic mass is 35.5. The molecule has 0 aliphatic carbocycles. The highest BCUT2D eigenvalue weighted by Gasteiger charge is 2.20. The summed E-state index contributed by atoms with van der Waals surface area (Å²) in [5.74, 6) is -0.0235. The van der Waals surface area contributed by atoms with E-state index in [0.29, 0.717) is 16.9 Å². The summed E-state index contributed by atoms with van der Waals surface area (Å²) in [4.78, 5) is 18.9. The van der Waals surface area contributed by atoms with E-state index in [1.807, 2.05) is 0 Å². The molecular weight excluding hydrogens is 297 g/mol. The molecule has 0 bridgehead atoms. The first-order chi connectivity index (χ1) is 9.65. The van der Waals surface area contributed by atoms with Crippen LogP contribution >= 0.6 is 11.6 Å². The van der Waals surface area contributed by atoms with Gasteiger partial charge in [0.05, 0.1) is 22.1 Å². The van der Waals surface area contributed by atoms with Crippen LogP contribution in [0.25, 0.3) is 11.0 Å². The molecule has 0 spiro atoms. The molecule has 1 aromatic carbocycles. The van der Waals surface area contributed by atoms with Gasteiger partial charge in [0.1, 0.15) is 17.2 Å². The number of aromatic nitrogens is 2. The highest BCUT2D eigenvalue weighted by Crippen LogP contribution is 2.23. The summed E-state index contributed by atoms with van der Waals surface area (Å²) in [7, 11) is 0. The fourth-order valence-corrected chi connectivity index (χ4v) is 1.94. The number of halogens is 2. The van der Waals surface area contributed by atoms with Crippen LogP contribution in [0, 0.1) is 5.82 Å². The van der Waals surface area contributed by atoms with E-state index in [0.717, 1.165) is 0 Å². The van der Waals surface area contributed by atoms with Gasteiger partial charge in [-0.1, -0.05) is 11.6 Å². The van der Waals surface area contributed by atoms with Gasteiger partial charge in [0.25, 0.3) is 0 Å². The number of alkyl carbamates (subject to hydrolysis) is 1. The van der Waals surface area contributed by atoms with E-state index in [4.69, 9.17) is 16.3 Å². The first-order valence-corrected chi connectivity index (χ1v) is 6.87. The van der Waals surface area contributed by atoms with Crippen molar-refractivity contribution in [1.82, 2.24) is 15.3 Å². The van der Waals surface area contributed by atoms with Crippen molar-refractivity contribution < 1.29 is 13.9 Å². The van der Waals surface area contributed by atoms with E-state index < -0.39 is 23.6 Å². The third-order valence-electron chi connectivity index (χ3n) is 2.69. The highest BCUT2D eigenvalue weighted by molar-refractivity contribution is 6.31.